The van der Waals surface area contributed by atoms with Crippen molar-refractivity contribution in [3.05, 3.63) is 48.4 Å². The van der Waals surface area contributed by atoms with E-state index in [1.54, 1.807) is 30.5 Å². The number of hydrogen-bond acceptors (Lipinski definition) is 3. The Morgan fingerprint density at radius 1 is 1.12 bits per heavy atom. The summed E-state index contributed by atoms with van der Waals surface area (Å²) in [7, 11) is 0. The monoisotopic (exact) mass is 229 g/mol. The van der Waals surface area contributed by atoms with Gasteiger partial charge in [-0.1, -0.05) is 0 Å². The van der Waals surface area contributed by atoms with Gasteiger partial charge in [0.05, 0.1) is 0 Å². The molecule has 0 saturated carbocycles. The molecule has 0 aliphatic heterocycles. The van der Waals surface area contributed by atoms with Crippen molar-refractivity contribution in [2.45, 2.75) is 0 Å². The largest absolute Gasteiger partial charge is 0.504 e. The van der Waals surface area contributed by atoms with E-state index in [4.69, 9.17) is 0 Å². The normalized spacial score (nSPS) is 10.9. The van der Waals surface area contributed by atoms with Crippen molar-refractivity contribution in [2.75, 3.05) is 0 Å². The first-order valence-electron chi connectivity index (χ1n) is 5.04. The quantitative estimate of drug-likeness (QED) is 0.696. The first kappa shape index (κ1) is 9.77. The Kier molecular flexibility index (Phi) is 2.04. The van der Waals surface area contributed by atoms with Crippen molar-refractivity contribution in [2.24, 2.45) is 0 Å². The van der Waals surface area contributed by atoms with E-state index in [0.717, 1.165) is 0 Å². The van der Waals surface area contributed by atoms with Crippen LogP contribution in [0.25, 0.3) is 17.0 Å². The number of aromatic nitrogens is 3. The van der Waals surface area contributed by atoms with Gasteiger partial charge in [-0.25, -0.2) is 13.9 Å². The molecule has 3 aromatic rings. The number of rotatable bonds is 1. The summed E-state index contributed by atoms with van der Waals surface area (Å²) < 4.78 is 14.3. The van der Waals surface area contributed by atoms with Crippen LogP contribution in [0.1, 0.15) is 0 Å². The Labute approximate surface area is 96.0 Å². The molecule has 3 rings (SSSR count). The molecule has 2 aromatic heterocycles. The van der Waals surface area contributed by atoms with Gasteiger partial charge in [0.2, 0.25) is 0 Å². The lowest BCUT2D eigenvalue weighted by Crippen LogP contribution is -1.85. The van der Waals surface area contributed by atoms with E-state index in [1.165, 1.54) is 16.6 Å². The highest BCUT2D eigenvalue weighted by atomic mass is 19.1. The van der Waals surface area contributed by atoms with Crippen LogP contribution in [0.4, 0.5) is 4.39 Å². The third kappa shape index (κ3) is 1.61. The molecule has 84 valence electrons. The number of halogens is 1. The second-order valence-electron chi connectivity index (χ2n) is 3.60. The molecule has 0 fully saturated rings. The van der Waals surface area contributed by atoms with Crippen LogP contribution in [0.3, 0.4) is 0 Å². The van der Waals surface area contributed by atoms with Gasteiger partial charge in [0.25, 0.3) is 0 Å². The molecule has 0 radical (unpaired) electrons. The molecule has 0 aliphatic rings. The van der Waals surface area contributed by atoms with Crippen molar-refractivity contribution >= 4 is 5.65 Å². The van der Waals surface area contributed by atoms with E-state index in [9.17, 15) is 9.50 Å². The van der Waals surface area contributed by atoms with E-state index in [1.807, 2.05) is 0 Å². The van der Waals surface area contributed by atoms with Crippen LogP contribution in [0.15, 0.2) is 42.6 Å². The molecule has 5 heteroatoms. The molecule has 2 heterocycles. The Bertz CT molecular complexity index is 676. The number of aromatic hydroxyl groups is 1. The number of hydrogen-bond donors (Lipinski definition) is 1. The number of fused-ring (bicyclic) bond motifs is 1. The van der Waals surface area contributed by atoms with Crippen LogP contribution in [0, 0.1) is 5.82 Å². The van der Waals surface area contributed by atoms with Crippen molar-refractivity contribution in [3.63, 3.8) is 0 Å². The fraction of sp³-hybridized carbons (Fsp3) is 0. The van der Waals surface area contributed by atoms with Crippen LogP contribution in [-0.2, 0) is 0 Å². The average molecular weight is 229 g/mol. The topological polar surface area (TPSA) is 50.4 Å². The highest BCUT2D eigenvalue weighted by Crippen LogP contribution is 2.20. The second-order valence-corrected chi connectivity index (χ2v) is 3.60. The van der Waals surface area contributed by atoms with Gasteiger partial charge in [-0.05, 0) is 36.4 Å². The molecule has 1 aromatic carbocycles. The smallest absolute Gasteiger partial charge is 0.198 e. The molecule has 0 amide bonds. The summed E-state index contributed by atoms with van der Waals surface area (Å²) in [6.07, 6.45) is 1.69. The van der Waals surface area contributed by atoms with Gasteiger partial charge in [-0.3, -0.25) is 0 Å². The third-order valence-electron chi connectivity index (χ3n) is 2.44. The maximum atomic E-state index is 12.8. The first-order chi connectivity index (χ1) is 8.24. The van der Waals surface area contributed by atoms with E-state index in [0.29, 0.717) is 17.0 Å². The van der Waals surface area contributed by atoms with Crippen LogP contribution in [0.5, 0.6) is 5.75 Å². The molecule has 4 nitrogen and oxygen atoms in total. The molecule has 0 unspecified atom stereocenters. The number of pyridine rings is 1. The number of benzene rings is 1. The van der Waals surface area contributed by atoms with E-state index in [2.05, 4.69) is 10.1 Å². The van der Waals surface area contributed by atoms with Crippen LogP contribution in [-0.4, -0.2) is 19.7 Å². The standard InChI is InChI=1S/C12H8FN3O/c13-9-5-3-8(4-6-9)11-14-12-10(17)2-1-7-16(12)15-11/h1-7,17H. The van der Waals surface area contributed by atoms with E-state index >= 15 is 0 Å². The lowest BCUT2D eigenvalue weighted by atomic mass is 10.2. The van der Waals surface area contributed by atoms with Crippen molar-refractivity contribution < 1.29 is 9.50 Å². The number of nitrogens with zero attached hydrogens (tertiary/aromatic N) is 3. The zero-order valence-electron chi connectivity index (χ0n) is 8.71. The fourth-order valence-corrected chi connectivity index (χ4v) is 1.61. The van der Waals surface area contributed by atoms with Gasteiger partial charge in [0, 0.05) is 11.8 Å². The molecule has 0 saturated heterocycles. The summed E-state index contributed by atoms with van der Waals surface area (Å²) in [6, 6.07) is 9.11. The lowest BCUT2D eigenvalue weighted by molar-refractivity contribution is 0.477. The predicted molar refractivity (Wildman–Crippen MR) is 60.0 cm³/mol. The highest BCUT2D eigenvalue weighted by molar-refractivity contribution is 5.61. The maximum absolute atomic E-state index is 12.8. The SMILES string of the molecule is Oc1cccn2nc(-c3ccc(F)cc3)nc12. The molecule has 0 spiro atoms. The lowest BCUT2D eigenvalue weighted by Gasteiger charge is -1.92. The minimum absolute atomic E-state index is 0.0633. The average Bonchev–Trinajstić information content (AvgIpc) is 2.75. The summed E-state index contributed by atoms with van der Waals surface area (Å²) in [5.74, 6) is 0.209. The minimum atomic E-state index is -0.305. The molecular formula is C12H8FN3O. The van der Waals surface area contributed by atoms with Crippen LogP contribution < -0.4 is 0 Å². The Morgan fingerprint density at radius 2 is 1.88 bits per heavy atom. The van der Waals surface area contributed by atoms with Crippen LogP contribution >= 0.6 is 0 Å². The molecule has 0 bridgehead atoms. The van der Waals surface area contributed by atoms with Crippen molar-refractivity contribution in [1.82, 2.24) is 14.6 Å². The zero-order valence-corrected chi connectivity index (χ0v) is 8.71. The van der Waals surface area contributed by atoms with Gasteiger partial charge in [-0.15, -0.1) is 5.10 Å². The third-order valence-corrected chi connectivity index (χ3v) is 2.44. The molecule has 0 aliphatic carbocycles. The van der Waals surface area contributed by atoms with Crippen LogP contribution in [0.2, 0.25) is 0 Å². The Morgan fingerprint density at radius 3 is 2.59 bits per heavy atom. The molecule has 0 atom stereocenters. The first-order valence-corrected chi connectivity index (χ1v) is 5.04. The van der Waals surface area contributed by atoms with Crippen molar-refractivity contribution in [3.8, 4) is 17.1 Å². The molecule has 17 heavy (non-hydrogen) atoms. The summed E-state index contributed by atoms with van der Waals surface area (Å²) in [5, 5.41) is 13.8. The summed E-state index contributed by atoms with van der Waals surface area (Å²) in [5.41, 5.74) is 1.08. The molecular weight excluding hydrogens is 221 g/mol. The fourth-order valence-electron chi connectivity index (χ4n) is 1.61. The second kappa shape index (κ2) is 3.55. The van der Waals surface area contributed by atoms with E-state index in [-0.39, 0.29) is 11.6 Å². The van der Waals surface area contributed by atoms with Crippen molar-refractivity contribution in [1.29, 1.82) is 0 Å². The summed E-state index contributed by atoms with van der Waals surface area (Å²) in [4.78, 5) is 4.19. The van der Waals surface area contributed by atoms with Gasteiger partial charge in [0.1, 0.15) is 5.82 Å². The van der Waals surface area contributed by atoms with Gasteiger partial charge < -0.3 is 5.11 Å². The van der Waals surface area contributed by atoms with Gasteiger partial charge in [-0.2, -0.15) is 0 Å². The predicted octanol–water partition coefficient (Wildman–Crippen LogP) is 2.24. The van der Waals surface area contributed by atoms with E-state index < -0.39 is 0 Å². The molecule has 1 N–H and O–H groups in total. The highest BCUT2D eigenvalue weighted by Gasteiger charge is 2.08. The maximum Gasteiger partial charge on any atom is 0.198 e. The summed E-state index contributed by atoms with van der Waals surface area (Å²) >= 11 is 0. The summed E-state index contributed by atoms with van der Waals surface area (Å²) in [6.45, 7) is 0. The van der Waals surface area contributed by atoms with Gasteiger partial charge in [0.15, 0.2) is 17.2 Å². The zero-order chi connectivity index (χ0) is 11.8. The van der Waals surface area contributed by atoms with Gasteiger partial charge >= 0.3 is 0 Å². The Hall–Kier alpha value is -2.43. The minimum Gasteiger partial charge on any atom is -0.504 e. The Balaban J connectivity index is 2.18.